The lowest BCUT2D eigenvalue weighted by Gasteiger charge is -2.40. The topological polar surface area (TPSA) is 78.0 Å². The fourth-order valence-electron chi connectivity index (χ4n) is 4.66. The number of carbonyl (C=O) groups is 1. The van der Waals surface area contributed by atoms with Gasteiger partial charge < -0.3 is 14.8 Å². The van der Waals surface area contributed by atoms with Gasteiger partial charge in [0.05, 0.1) is 5.69 Å². The Morgan fingerprint density at radius 2 is 2.11 bits per heavy atom. The molecular weight excluding hydrogens is 352 g/mol. The third-order valence-corrected chi connectivity index (χ3v) is 6.12. The zero-order valence-electron chi connectivity index (χ0n) is 16.3. The number of nitrogens with zero attached hydrogens (tertiary/aromatic N) is 5. The molecule has 1 saturated heterocycles. The van der Waals surface area contributed by atoms with E-state index < -0.39 is 0 Å². The molecule has 4 heterocycles. The Morgan fingerprint density at radius 1 is 1.21 bits per heavy atom. The van der Waals surface area contributed by atoms with Crippen LogP contribution in [0.1, 0.15) is 41.0 Å². The highest BCUT2D eigenvalue weighted by molar-refractivity contribution is 5.94. The van der Waals surface area contributed by atoms with Gasteiger partial charge in [-0.1, -0.05) is 0 Å². The molecule has 2 aliphatic rings. The fourth-order valence-corrected chi connectivity index (χ4v) is 4.66. The van der Waals surface area contributed by atoms with Crippen LogP contribution in [0, 0.1) is 0 Å². The Bertz CT molecular complexity index is 1050. The minimum atomic E-state index is -0.0620. The average Bonchev–Trinajstić information content (AvgIpc) is 3.32. The van der Waals surface area contributed by atoms with E-state index in [1.54, 1.807) is 0 Å². The third kappa shape index (κ3) is 2.65. The second-order valence-electron chi connectivity index (χ2n) is 8.16. The van der Waals surface area contributed by atoms with Gasteiger partial charge in [-0.25, -0.2) is 15.0 Å². The van der Waals surface area contributed by atoms with Crippen molar-refractivity contribution in [2.75, 3.05) is 32.1 Å². The lowest BCUT2D eigenvalue weighted by Crippen LogP contribution is -2.48. The molecule has 28 heavy (non-hydrogen) atoms. The van der Waals surface area contributed by atoms with Crippen molar-refractivity contribution in [3.63, 3.8) is 0 Å². The summed E-state index contributed by atoms with van der Waals surface area (Å²) in [6.45, 7) is 1.47. The smallest absolute Gasteiger partial charge is 0.272 e. The Kier molecular flexibility index (Phi) is 3.86. The fraction of sp³-hybridized carbons (Fsp3) is 0.429. The Morgan fingerprint density at radius 3 is 2.96 bits per heavy atom. The maximum absolute atomic E-state index is 13.2. The monoisotopic (exact) mass is 376 g/mol. The van der Waals surface area contributed by atoms with Crippen LogP contribution in [0.4, 0.5) is 5.95 Å². The van der Waals surface area contributed by atoms with Crippen molar-refractivity contribution in [2.24, 2.45) is 0 Å². The molecule has 1 aliphatic carbocycles. The molecule has 1 aliphatic heterocycles. The van der Waals surface area contributed by atoms with Gasteiger partial charge >= 0.3 is 0 Å². The normalized spacial score (nSPS) is 21.3. The number of carbonyl (C=O) groups excluding carboxylic acids is 1. The van der Waals surface area contributed by atoms with Crippen LogP contribution in [0.25, 0.3) is 11.0 Å². The summed E-state index contributed by atoms with van der Waals surface area (Å²) in [7, 11) is 3.92. The summed E-state index contributed by atoms with van der Waals surface area (Å²) in [4.78, 5) is 34.1. The van der Waals surface area contributed by atoms with Crippen LogP contribution in [0.3, 0.4) is 0 Å². The van der Waals surface area contributed by atoms with Crippen LogP contribution in [-0.4, -0.2) is 57.9 Å². The van der Waals surface area contributed by atoms with Gasteiger partial charge in [-0.3, -0.25) is 4.79 Å². The molecule has 3 aromatic rings. The molecule has 1 unspecified atom stereocenters. The van der Waals surface area contributed by atoms with Crippen LogP contribution in [0.15, 0.2) is 30.6 Å². The summed E-state index contributed by atoms with van der Waals surface area (Å²) >= 11 is 0. The molecule has 144 valence electrons. The van der Waals surface area contributed by atoms with Crippen molar-refractivity contribution >= 4 is 22.9 Å². The molecular formula is C21H24N6O. The first-order chi connectivity index (χ1) is 13.6. The molecule has 0 bridgehead atoms. The molecule has 0 saturated carbocycles. The Balaban J connectivity index is 1.46. The van der Waals surface area contributed by atoms with E-state index in [4.69, 9.17) is 4.98 Å². The van der Waals surface area contributed by atoms with Crippen LogP contribution >= 0.6 is 0 Å². The highest BCUT2D eigenvalue weighted by Crippen LogP contribution is 2.44. The molecule has 0 aromatic carbocycles. The Hall–Kier alpha value is -2.96. The van der Waals surface area contributed by atoms with Crippen LogP contribution in [0.2, 0.25) is 0 Å². The van der Waals surface area contributed by atoms with E-state index in [9.17, 15) is 4.79 Å². The lowest BCUT2D eigenvalue weighted by atomic mass is 9.77. The van der Waals surface area contributed by atoms with E-state index >= 15 is 0 Å². The molecule has 0 radical (unpaired) electrons. The first kappa shape index (κ1) is 17.2. The van der Waals surface area contributed by atoms with Gasteiger partial charge in [-0.05, 0) is 49.4 Å². The van der Waals surface area contributed by atoms with Gasteiger partial charge in [0, 0.05) is 50.4 Å². The summed E-state index contributed by atoms with van der Waals surface area (Å²) in [5.74, 6) is 0.744. The molecule has 1 spiro atoms. The van der Waals surface area contributed by atoms with E-state index in [1.807, 2.05) is 54.5 Å². The van der Waals surface area contributed by atoms with Crippen molar-refractivity contribution in [3.8, 4) is 0 Å². The first-order valence-corrected chi connectivity index (χ1v) is 9.83. The molecule has 1 fully saturated rings. The third-order valence-electron chi connectivity index (χ3n) is 6.12. The number of amides is 1. The van der Waals surface area contributed by atoms with Gasteiger partial charge in [-0.15, -0.1) is 0 Å². The maximum Gasteiger partial charge on any atom is 0.272 e. The van der Waals surface area contributed by atoms with Crippen LogP contribution in [0.5, 0.6) is 0 Å². The largest absolute Gasteiger partial charge is 0.347 e. The number of likely N-dealkylation sites (tertiary alicyclic amines) is 1. The minimum Gasteiger partial charge on any atom is -0.347 e. The van der Waals surface area contributed by atoms with Gasteiger partial charge in [0.25, 0.3) is 5.91 Å². The summed E-state index contributed by atoms with van der Waals surface area (Å²) in [5.41, 5.74) is 3.56. The van der Waals surface area contributed by atoms with Crippen molar-refractivity contribution in [3.05, 3.63) is 47.5 Å². The molecule has 7 heteroatoms. The zero-order chi connectivity index (χ0) is 19.3. The molecule has 1 amide bonds. The van der Waals surface area contributed by atoms with Crippen LogP contribution < -0.4 is 4.90 Å². The summed E-state index contributed by atoms with van der Waals surface area (Å²) in [6, 6.07) is 5.74. The average molecular weight is 376 g/mol. The maximum atomic E-state index is 13.2. The predicted octanol–water partition coefficient (Wildman–Crippen LogP) is 2.54. The highest BCUT2D eigenvalue weighted by atomic mass is 16.2. The van der Waals surface area contributed by atoms with E-state index in [-0.39, 0.29) is 11.3 Å². The molecule has 1 atom stereocenters. The number of hydrogen-bond acceptors (Lipinski definition) is 5. The number of pyridine rings is 1. The number of aryl methyl sites for hydroxylation is 1. The molecule has 3 aromatic heterocycles. The predicted molar refractivity (Wildman–Crippen MR) is 108 cm³/mol. The van der Waals surface area contributed by atoms with Crippen molar-refractivity contribution < 1.29 is 4.79 Å². The highest BCUT2D eigenvalue weighted by Gasteiger charge is 2.45. The second kappa shape index (κ2) is 6.29. The molecule has 5 rings (SSSR count). The van der Waals surface area contributed by atoms with Gasteiger partial charge in [0.2, 0.25) is 5.95 Å². The number of fused-ring (bicyclic) bond motifs is 3. The van der Waals surface area contributed by atoms with Gasteiger partial charge in [0.15, 0.2) is 0 Å². The number of hydrogen-bond donors (Lipinski definition) is 1. The van der Waals surface area contributed by atoms with Crippen LogP contribution in [-0.2, 0) is 11.8 Å². The van der Waals surface area contributed by atoms with Gasteiger partial charge in [0.1, 0.15) is 11.3 Å². The first-order valence-electron chi connectivity index (χ1n) is 9.83. The molecule has 1 N–H and O–H groups in total. The summed E-state index contributed by atoms with van der Waals surface area (Å²) in [6.07, 6.45) is 7.87. The molecule has 7 nitrogen and oxygen atoms in total. The lowest BCUT2D eigenvalue weighted by molar-refractivity contribution is 0.0628. The summed E-state index contributed by atoms with van der Waals surface area (Å²) < 4.78 is 0. The van der Waals surface area contributed by atoms with Crippen molar-refractivity contribution in [1.82, 2.24) is 24.8 Å². The van der Waals surface area contributed by atoms with Crippen molar-refractivity contribution in [2.45, 2.75) is 31.1 Å². The number of aromatic amines is 1. The van der Waals surface area contributed by atoms with Gasteiger partial charge in [-0.2, -0.15) is 0 Å². The Labute approximate surface area is 163 Å². The number of rotatable bonds is 2. The number of H-pyrrole nitrogens is 1. The summed E-state index contributed by atoms with van der Waals surface area (Å²) in [5, 5.41) is 1.02. The number of anilines is 1. The minimum absolute atomic E-state index is 0.00548. The van der Waals surface area contributed by atoms with E-state index in [0.29, 0.717) is 12.2 Å². The van der Waals surface area contributed by atoms with Crippen molar-refractivity contribution in [1.29, 1.82) is 0 Å². The zero-order valence-corrected chi connectivity index (χ0v) is 16.3. The SMILES string of the molecule is CN(C)c1ncc2c(n1)C1(CCCN(C(=O)c3ccc4cc[nH]c4n3)C1)CC2. The number of aromatic nitrogens is 4. The van der Waals surface area contributed by atoms with E-state index in [2.05, 4.69) is 15.0 Å². The van der Waals surface area contributed by atoms with E-state index in [0.717, 1.165) is 54.9 Å². The second-order valence-corrected chi connectivity index (χ2v) is 8.16. The number of nitrogens with one attached hydrogen (secondary N) is 1. The van der Waals surface area contributed by atoms with E-state index in [1.165, 1.54) is 5.56 Å². The standard InChI is InChI=1S/C21H24N6O/c1-26(2)20-23-12-15-6-9-21(17(15)25-20)8-3-11-27(13-21)19(28)16-5-4-14-7-10-22-18(14)24-16/h4-5,7,10,12H,3,6,8-9,11,13H2,1-2H3,(H,22,24). The quantitative estimate of drug-likeness (QED) is 0.744. The number of piperidine rings is 1.